The molecule has 7 heteroatoms. The molecule has 76 valence electrons. The number of aromatic nitrogens is 2. The van der Waals surface area contributed by atoms with Crippen LogP contribution in [0, 0.1) is 0 Å². The van der Waals surface area contributed by atoms with Gasteiger partial charge in [0.05, 0.1) is 6.54 Å². The first-order valence-corrected chi connectivity index (χ1v) is 5.34. The van der Waals surface area contributed by atoms with Crippen molar-refractivity contribution >= 4 is 20.8 Å². The standard InChI is InChI=1S/C7H7F3N3.Al.2H/c8-7(9,10)5-4-13-2-1-11-3-6(13)12-5;;;/h11H,1-3H2;;;. The van der Waals surface area contributed by atoms with E-state index in [9.17, 15) is 13.2 Å². The van der Waals surface area contributed by atoms with Gasteiger partial charge in [0.2, 0.25) is 0 Å². The number of alkyl halides is 3. The molecule has 0 amide bonds. The van der Waals surface area contributed by atoms with Gasteiger partial charge in [0.25, 0.3) is 16.3 Å². The van der Waals surface area contributed by atoms with Gasteiger partial charge in [0.15, 0.2) is 0 Å². The Balaban J connectivity index is 2.49. The summed E-state index contributed by atoms with van der Waals surface area (Å²) in [6.07, 6.45) is -4.30. The molecule has 0 spiro atoms. The molecule has 0 saturated carbocycles. The Morgan fingerprint density at radius 1 is 1.43 bits per heavy atom. The highest BCUT2D eigenvalue weighted by molar-refractivity contribution is 6.31. The highest BCUT2D eigenvalue weighted by Crippen LogP contribution is 2.27. The fraction of sp³-hybridized carbons (Fsp3) is 0.571. The molecule has 0 bridgehead atoms. The number of rotatable bonds is 0. The zero-order valence-corrected chi connectivity index (χ0v) is 9.65. The zero-order chi connectivity index (χ0) is 10.3. The second kappa shape index (κ2) is 3.26. The second-order valence-corrected chi connectivity index (χ2v) is 4.24. The Bertz CT molecular complexity index is 358. The maximum atomic E-state index is 12.5. The molecule has 0 radical (unpaired) electrons. The number of halogens is 3. The van der Waals surface area contributed by atoms with E-state index in [0.717, 1.165) is 6.54 Å². The normalized spacial score (nSPS) is 16.8. The topological polar surface area (TPSA) is 29.9 Å². The Morgan fingerprint density at radius 2 is 2.14 bits per heavy atom. The molecular formula is C7H9AlF3N3. The van der Waals surface area contributed by atoms with Crippen LogP contribution in [0.15, 0.2) is 0 Å². The average Bonchev–Trinajstić information content (AvgIpc) is 2.44. The molecule has 0 aliphatic carbocycles. The van der Waals surface area contributed by atoms with Crippen LogP contribution in [0.5, 0.6) is 0 Å². The van der Waals surface area contributed by atoms with Crippen molar-refractivity contribution in [3.8, 4) is 0 Å². The van der Waals surface area contributed by atoms with Gasteiger partial charge in [-0.2, -0.15) is 13.2 Å². The third-order valence-electron chi connectivity index (χ3n) is 2.36. The predicted octanol–water partition coefficient (Wildman–Crippen LogP) is -0.737. The predicted molar refractivity (Wildman–Crippen MR) is 47.1 cm³/mol. The molecular weight excluding hydrogens is 210 g/mol. The summed E-state index contributed by atoms with van der Waals surface area (Å²) in [4.78, 5) is 3.63. The minimum Gasteiger partial charge on any atom is -0.346 e. The van der Waals surface area contributed by atoms with Crippen molar-refractivity contribution in [3.05, 3.63) is 11.5 Å². The summed E-state index contributed by atoms with van der Waals surface area (Å²) in [5.74, 6) is 0.508. The van der Waals surface area contributed by atoms with E-state index in [1.165, 1.54) is 0 Å². The molecule has 1 N–H and O–H groups in total. The van der Waals surface area contributed by atoms with Crippen LogP contribution in [0.25, 0.3) is 0 Å². The lowest BCUT2D eigenvalue weighted by molar-refractivity contribution is -0.140. The number of nitrogens with one attached hydrogen (secondary N) is 1. The van der Waals surface area contributed by atoms with Gasteiger partial charge in [-0.15, -0.1) is 0 Å². The van der Waals surface area contributed by atoms with Crippen LogP contribution in [0.2, 0.25) is 0 Å². The SMILES string of the molecule is FC(F)(F)c1nc2n([c]1[AlH2])CCNC2. The molecule has 14 heavy (non-hydrogen) atoms. The molecule has 0 atom stereocenters. The zero-order valence-electron chi connectivity index (χ0n) is 7.65. The highest BCUT2D eigenvalue weighted by Gasteiger charge is 2.37. The van der Waals surface area contributed by atoms with Crippen LogP contribution in [-0.2, 0) is 19.3 Å². The van der Waals surface area contributed by atoms with Crippen LogP contribution >= 0.6 is 0 Å². The largest absolute Gasteiger partial charge is 0.433 e. The van der Waals surface area contributed by atoms with Crippen LogP contribution in [0.3, 0.4) is 0 Å². The van der Waals surface area contributed by atoms with Gasteiger partial charge in [-0.25, -0.2) is 4.98 Å². The third-order valence-corrected chi connectivity index (χ3v) is 3.38. The minimum absolute atomic E-state index is 0.356. The van der Waals surface area contributed by atoms with Gasteiger partial charge in [0, 0.05) is 13.1 Å². The number of hydrogen-bond acceptors (Lipinski definition) is 2. The molecule has 1 aliphatic rings. The van der Waals surface area contributed by atoms with Crippen molar-refractivity contribution in [1.29, 1.82) is 0 Å². The summed E-state index contributed by atoms with van der Waals surface area (Å²) < 4.78 is 39.4. The average molecular weight is 219 g/mol. The van der Waals surface area contributed by atoms with E-state index in [1.807, 2.05) is 0 Å². The van der Waals surface area contributed by atoms with E-state index >= 15 is 0 Å². The quantitative estimate of drug-likeness (QED) is 0.583. The van der Waals surface area contributed by atoms with Gasteiger partial charge in [-0.05, 0) is 4.56 Å². The Kier molecular flexibility index (Phi) is 2.34. The molecule has 0 aromatic carbocycles. The molecule has 0 unspecified atom stereocenters. The summed E-state index contributed by atoms with van der Waals surface area (Å²) in [5, 5.41) is 3.00. The van der Waals surface area contributed by atoms with E-state index in [0.29, 0.717) is 39.8 Å². The number of fused-ring (bicyclic) bond motifs is 1. The maximum Gasteiger partial charge on any atom is 0.433 e. The number of nitrogens with zero attached hydrogens (tertiary/aromatic N) is 2. The van der Waals surface area contributed by atoms with Crippen LogP contribution in [0.4, 0.5) is 13.2 Å². The first-order valence-electron chi connectivity index (χ1n) is 4.34. The molecule has 2 rings (SSSR count). The van der Waals surface area contributed by atoms with Crippen LogP contribution in [0.1, 0.15) is 11.5 Å². The lowest BCUT2D eigenvalue weighted by Gasteiger charge is -2.16. The smallest absolute Gasteiger partial charge is 0.346 e. The monoisotopic (exact) mass is 219 g/mol. The van der Waals surface area contributed by atoms with Gasteiger partial charge < -0.3 is 9.88 Å². The van der Waals surface area contributed by atoms with Crippen molar-refractivity contribution < 1.29 is 13.2 Å². The van der Waals surface area contributed by atoms with E-state index in [4.69, 9.17) is 0 Å². The maximum absolute atomic E-state index is 12.5. The Hall–Kier alpha value is -0.508. The van der Waals surface area contributed by atoms with Crippen molar-refractivity contribution in [3.63, 3.8) is 0 Å². The lowest BCUT2D eigenvalue weighted by atomic mass is 10.4. The molecule has 2 heterocycles. The van der Waals surface area contributed by atoms with Crippen molar-refractivity contribution in [2.45, 2.75) is 19.3 Å². The fourth-order valence-electron chi connectivity index (χ4n) is 1.68. The van der Waals surface area contributed by atoms with Crippen LogP contribution in [-0.4, -0.2) is 32.4 Å². The number of imidazole rings is 1. The third kappa shape index (κ3) is 1.56. The molecule has 3 nitrogen and oxygen atoms in total. The van der Waals surface area contributed by atoms with Gasteiger partial charge in [-0.1, -0.05) is 0 Å². The van der Waals surface area contributed by atoms with E-state index in [2.05, 4.69) is 10.3 Å². The van der Waals surface area contributed by atoms with Gasteiger partial charge >= 0.3 is 6.18 Å². The van der Waals surface area contributed by atoms with E-state index < -0.39 is 11.9 Å². The summed E-state index contributed by atoms with van der Waals surface area (Å²) >= 11 is 0.380. The van der Waals surface area contributed by atoms with Gasteiger partial charge in [0.1, 0.15) is 11.5 Å². The molecule has 1 aromatic heterocycles. The second-order valence-electron chi connectivity index (χ2n) is 3.29. The van der Waals surface area contributed by atoms with Gasteiger partial charge in [-0.3, -0.25) is 0 Å². The summed E-state index contributed by atoms with van der Waals surface area (Å²) in [6.45, 7) is 1.75. The lowest BCUT2D eigenvalue weighted by Crippen LogP contribution is -2.34. The Morgan fingerprint density at radius 3 is 2.71 bits per heavy atom. The summed E-state index contributed by atoms with van der Waals surface area (Å²) in [7, 11) is 0. The molecule has 1 aromatic rings. The molecule has 1 aliphatic heterocycles. The van der Waals surface area contributed by atoms with Crippen molar-refractivity contribution in [1.82, 2.24) is 14.9 Å². The van der Waals surface area contributed by atoms with E-state index in [1.54, 1.807) is 4.57 Å². The highest BCUT2D eigenvalue weighted by atomic mass is 27.0. The van der Waals surface area contributed by atoms with Crippen molar-refractivity contribution in [2.24, 2.45) is 0 Å². The van der Waals surface area contributed by atoms with Crippen LogP contribution < -0.4 is 9.87 Å². The summed E-state index contributed by atoms with van der Waals surface area (Å²) in [5.41, 5.74) is -0.692. The molecule has 0 saturated heterocycles. The first-order chi connectivity index (χ1) is 6.50. The Labute approximate surface area is 86.7 Å². The van der Waals surface area contributed by atoms with Crippen molar-refractivity contribution in [2.75, 3.05) is 6.54 Å². The fourth-order valence-corrected chi connectivity index (χ4v) is 2.56. The van der Waals surface area contributed by atoms with E-state index in [-0.39, 0.29) is 0 Å². The minimum atomic E-state index is -4.30. The molecule has 0 fully saturated rings. The first kappa shape index (κ1) is 10.0. The number of hydrogen-bond donors (Lipinski definition) is 1. The summed E-state index contributed by atoms with van der Waals surface area (Å²) in [6, 6.07) is 0.